The molecule has 1 rings (SSSR count). The Hall–Kier alpha value is -0.410. The average Bonchev–Trinajstić information content (AvgIpc) is 1.94. The van der Waals surface area contributed by atoms with Gasteiger partial charge in [0.2, 0.25) is 0 Å². The molecule has 0 fully saturated rings. The zero-order valence-electron chi connectivity index (χ0n) is 5.19. The van der Waals surface area contributed by atoms with Crippen LogP contribution in [0.5, 0.6) is 0 Å². The summed E-state index contributed by atoms with van der Waals surface area (Å²) >= 11 is 10.8. The normalized spacial score (nSPS) is 10.6. The lowest BCUT2D eigenvalue weighted by Crippen LogP contribution is -1.87. The minimum absolute atomic E-state index is 0.0931. The van der Waals surface area contributed by atoms with Crippen molar-refractivity contribution in [1.82, 2.24) is 4.98 Å². The summed E-state index contributed by atoms with van der Waals surface area (Å²) < 4.78 is 24.1. The Morgan fingerprint density at radius 1 is 1.36 bits per heavy atom. The van der Waals surface area contributed by atoms with Gasteiger partial charge in [0.25, 0.3) is 6.43 Å². The number of pyridine rings is 1. The maximum atomic E-state index is 12.0. The monoisotopic (exact) mass is 197 g/mol. The second-order valence-electron chi connectivity index (χ2n) is 1.81. The van der Waals surface area contributed by atoms with Gasteiger partial charge in [0.15, 0.2) is 0 Å². The quantitative estimate of drug-likeness (QED) is 0.630. The van der Waals surface area contributed by atoms with Gasteiger partial charge in [0.05, 0.1) is 5.02 Å². The molecule has 1 heterocycles. The lowest BCUT2D eigenvalue weighted by atomic mass is 10.3. The number of aromatic nitrogens is 1. The van der Waals surface area contributed by atoms with E-state index in [0.717, 1.165) is 6.07 Å². The highest BCUT2D eigenvalue weighted by Crippen LogP contribution is 2.30. The summed E-state index contributed by atoms with van der Waals surface area (Å²) in [6.07, 6.45) is -1.42. The van der Waals surface area contributed by atoms with Gasteiger partial charge in [-0.25, -0.2) is 13.8 Å². The molecular weight excluding hydrogens is 195 g/mol. The number of nitrogens with zero attached hydrogens (tertiary/aromatic N) is 1. The highest BCUT2D eigenvalue weighted by molar-refractivity contribution is 6.41. The van der Waals surface area contributed by atoms with E-state index in [2.05, 4.69) is 4.98 Å². The second kappa shape index (κ2) is 3.32. The van der Waals surface area contributed by atoms with E-state index < -0.39 is 6.43 Å². The van der Waals surface area contributed by atoms with E-state index >= 15 is 0 Å². The van der Waals surface area contributed by atoms with E-state index in [1.807, 2.05) is 0 Å². The fourth-order valence-electron chi connectivity index (χ4n) is 0.600. The van der Waals surface area contributed by atoms with E-state index in [0.29, 0.717) is 0 Å². The van der Waals surface area contributed by atoms with E-state index in [-0.39, 0.29) is 15.7 Å². The van der Waals surface area contributed by atoms with Crippen LogP contribution in [0.2, 0.25) is 10.2 Å². The predicted octanol–water partition coefficient (Wildman–Crippen LogP) is 3.33. The summed E-state index contributed by atoms with van der Waals surface area (Å²) in [6, 6.07) is 1.14. The standard InChI is InChI=1S/C6H3Cl2F2N/c7-4-3(6(9)10)1-2-11-5(4)8/h1-2,6H. The van der Waals surface area contributed by atoms with Crippen LogP contribution in [0.4, 0.5) is 8.78 Å². The third-order valence-electron chi connectivity index (χ3n) is 1.11. The van der Waals surface area contributed by atoms with Crippen molar-refractivity contribution in [1.29, 1.82) is 0 Å². The van der Waals surface area contributed by atoms with Crippen molar-refractivity contribution in [2.45, 2.75) is 6.43 Å². The van der Waals surface area contributed by atoms with Gasteiger partial charge in [-0.2, -0.15) is 0 Å². The lowest BCUT2D eigenvalue weighted by molar-refractivity contribution is 0.151. The summed E-state index contributed by atoms with van der Waals surface area (Å²) in [4.78, 5) is 3.52. The molecule has 0 aliphatic heterocycles. The first-order valence-electron chi connectivity index (χ1n) is 2.71. The van der Waals surface area contributed by atoms with Crippen LogP contribution < -0.4 is 0 Å². The smallest absolute Gasteiger partial charge is 0.243 e. The van der Waals surface area contributed by atoms with Crippen LogP contribution in [0, 0.1) is 0 Å². The third-order valence-corrected chi connectivity index (χ3v) is 1.89. The van der Waals surface area contributed by atoms with Gasteiger partial charge in [0.1, 0.15) is 5.15 Å². The van der Waals surface area contributed by atoms with Crippen LogP contribution in [-0.4, -0.2) is 4.98 Å². The number of alkyl halides is 2. The number of halogens is 4. The van der Waals surface area contributed by atoms with Crippen molar-refractivity contribution in [3.05, 3.63) is 28.0 Å². The van der Waals surface area contributed by atoms with Gasteiger partial charge >= 0.3 is 0 Å². The number of rotatable bonds is 1. The van der Waals surface area contributed by atoms with Crippen molar-refractivity contribution in [2.75, 3.05) is 0 Å². The topological polar surface area (TPSA) is 12.9 Å². The maximum Gasteiger partial charge on any atom is 0.265 e. The summed E-state index contributed by atoms with van der Waals surface area (Å²) in [5.41, 5.74) is -0.285. The van der Waals surface area contributed by atoms with Crippen LogP contribution in [0.3, 0.4) is 0 Å². The Balaban J connectivity index is 3.17. The Kier molecular flexibility index (Phi) is 2.62. The predicted molar refractivity (Wildman–Crippen MR) is 39.2 cm³/mol. The average molecular weight is 198 g/mol. The molecule has 0 unspecified atom stereocenters. The van der Waals surface area contributed by atoms with Crippen molar-refractivity contribution in [2.24, 2.45) is 0 Å². The second-order valence-corrected chi connectivity index (χ2v) is 2.54. The summed E-state index contributed by atoms with van der Waals surface area (Å²) in [7, 11) is 0. The molecule has 5 heteroatoms. The van der Waals surface area contributed by atoms with E-state index in [9.17, 15) is 8.78 Å². The minimum atomic E-state index is -2.61. The van der Waals surface area contributed by atoms with Crippen LogP contribution in [0.25, 0.3) is 0 Å². The molecule has 0 bridgehead atoms. The third kappa shape index (κ3) is 1.79. The molecule has 0 N–H and O–H groups in total. The Morgan fingerprint density at radius 2 is 2.00 bits per heavy atom. The molecule has 1 aromatic rings. The summed E-state index contributed by atoms with van der Waals surface area (Å²) in [5.74, 6) is 0. The molecule has 0 spiro atoms. The molecule has 0 aromatic carbocycles. The molecule has 1 aromatic heterocycles. The van der Waals surface area contributed by atoms with Gasteiger partial charge < -0.3 is 0 Å². The zero-order valence-corrected chi connectivity index (χ0v) is 6.70. The molecule has 11 heavy (non-hydrogen) atoms. The first kappa shape index (κ1) is 8.68. The molecular formula is C6H3Cl2F2N. The number of hydrogen-bond donors (Lipinski definition) is 0. The van der Waals surface area contributed by atoms with Crippen LogP contribution >= 0.6 is 23.2 Å². The van der Waals surface area contributed by atoms with Gasteiger partial charge in [-0.1, -0.05) is 23.2 Å². The summed E-state index contributed by atoms with van der Waals surface area (Å²) in [6.45, 7) is 0. The Bertz CT molecular complexity index is 265. The Labute approximate surface area is 72.0 Å². The summed E-state index contributed by atoms with van der Waals surface area (Å²) in [5, 5.41) is -0.270. The first-order chi connectivity index (χ1) is 5.13. The minimum Gasteiger partial charge on any atom is -0.243 e. The van der Waals surface area contributed by atoms with Gasteiger partial charge in [-0.05, 0) is 6.07 Å². The van der Waals surface area contributed by atoms with Gasteiger partial charge in [0, 0.05) is 11.8 Å². The Morgan fingerprint density at radius 3 is 2.45 bits per heavy atom. The van der Waals surface area contributed by atoms with E-state index in [4.69, 9.17) is 23.2 Å². The molecule has 0 saturated heterocycles. The van der Waals surface area contributed by atoms with Crippen molar-refractivity contribution < 1.29 is 8.78 Å². The van der Waals surface area contributed by atoms with Crippen LogP contribution in [0.15, 0.2) is 12.3 Å². The molecule has 0 atom stereocenters. The van der Waals surface area contributed by atoms with Crippen LogP contribution in [-0.2, 0) is 0 Å². The molecule has 0 aliphatic carbocycles. The number of hydrogen-bond acceptors (Lipinski definition) is 1. The fourth-order valence-corrected chi connectivity index (χ4v) is 0.960. The molecule has 0 radical (unpaired) electrons. The highest BCUT2D eigenvalue weighted by atomic mass is 35.5. The lowest BCUT2D eigenvalue weighted by Gasteiger charge is -2.01. The van der Waals surface area contributed by atoms with Gasteiger partial charge in [-0.3, -0.25) is 0 Å². The zero-order chi connectivity index (χ0) is 8.43. The van der Waals surface area contributed by atoms with E-state index in [1.165, 1.54) is 6.20 Å². The van der Waals surface area contributed by atoms with Crippen LogP contribution in [0.1, 0.15) is 12.0 Å². The van der Waals surface area contributed by atoms with Gasteiger partial charge in [-0.15, -0.1) is 0 Å². The van der Waals surface area contributed by atoms with Crippen molar-refractivity contribution >= 4 is 23.2 Å². The maximum absolute atomic E-state index is 12.0. The molecule has 0 amide bonds. The molecule has 0 aliphatic rings. The first-order valence-corrected chi connectivity index (χ1v) is 3.46. The fraction of sp³-hybridized carbons (Fsp3) is 0.167. The molecule has 1 nitrogen and oxygen atoms in total. The molecule has 60 valence electrons. The molecule has 0 saturated carbocycles. The largest absolute Gasteiger partial charge is 0.265 e. The SMILES string of the molecule is FC(F)c1ccnc(Cl)c1Cl. The van der Waals surface area contributed by atoms with Crippen molar-refractivity contribution in [3.63, 3.8) is 0 Å². The highest BCUT2D eigenvalue weighted by Gasteiger charge is 2.13. The van der Waals surface area contributed by atoms with E-state index in [1.54, 1.807) is 0 Å². The van der Waals surface area contributed by atoms with Crippen molar-refractivity contribution in [3.8, 4) is 0 Å².